The smallest absolute Gasteiger partial charge is 0.316 e. The number of thioether (sulfide) groups is 1. The lowest BCUT2D eigenvalue weighted by atomic mass is 10.0. The maximum Gasteiger partial charge on any atom is 0.418 e. The Morgan fingerprint density at radius 2 is 1.92 bits per heavy atom. The van der Waals surface area contributed by atoms with E-state index in [4.69, 9.17) is 11.6 Å². The molecule has 1 N–H and O–H groups in total. The van der Waals surface area contributed by atoms with Gasteiger partial charge in [-0.3, -0.25) is 4.98 Å². The van der Waals surface area contributed by atoms with Crippen molar-refractivity contribution in [3.63, 3.8) is 0 Å². The third-order valence-electron chi connectivity index (χ3n) is 3.98. The number of pyridine rings is 1. The van der Waals surface area contributed by atoms with Crippen LogP contribution in [0.1, 0.15) is 22.4 Å². The van der Waals surface area contributed by atoms with Crippen molar-refractivity contribution in [2.75, 3.05) is 13.1 Å². The lowest BCUT2D eigenvalue weighted by molar-refractivity contribution is -0.138. The average molecular weight is 409 g/mol. The second-order valence-corrected chi connectivity index (χ2v) is 6.94. The van der Waals surface area contributed by atoms with Crippen molar-refractivity contribution < 1.29 is 13.2 Å². The molecular formula is C17H17Cl2F3N2S. The van der Waals surface area contributed by atoms with Gasteiger partial charge in [-0.2, -0.15) is 13.2 Å². The van der Waals surface area contributed by atoms with Gasteiger partial charge < -0.3 is 5.32 Å². The maximum atomic E-state index is 13.1. The van der Waals surface area contributed by atoms with Gasteiger partial charge in [0.1, 0.15) is 0 Å². The van der Waals surface area contributed by atoms with Crippen molar-refractivity contribution in [1.29, 1.82) is 0 Å². The van der Waals surface area contributed by atoms with Gasteiger partial charge in [0.15, 0.2) is 0 Å². The molecule has 0 bridgehead atoms. The van der Waals surface area contributed by atoms with E-state index in [9.17, 15) is 13.2 Å². The molecule has 1 aromatic heterocycles. The number of nitrogens with one attached hydrogen (secondary N) is 1. The molecule has 2 nitrogen and oxygen atoms in total. The summed E-state index contributed by atoms with van der Waals surface area (Å²) in [5.41, 5.74) is 1.71. The summed E-state index contributed by atoms with van der Waals surface area (Å²) in [6.07, 6.45) is -1.28. The molecule has 0 spiro atoms. The third kappa shape index (κ3) is 4.82. The first-order valence-corrected chi connectivity index (χ1v) is 8.98. The molecule has 0 saturated heterocycles. The Hall–Kier alpha value is -0.950. The number of rotatable bonds is 3. The summed E-state index contributed by atoms with van der Waals surface area (Å²) in [5, 5.41) is 3.92. The van der Waals surface area contributed by atoms with Crippen molar-refractivity contribution >= 4 is 35.8 Å². The number of alkyl halides is 3. The number of benzene rings is 1. The van der Waals surface area contributed by atoms with Crippen LogP contribution in [0.25, 0.3) is 0 Å². The van der Waals surface area contributed by atoms with Crippen LogP contribution < -0.4 is 5.32 Å². The molecule has 1 aliphatic rings. The van der Waals surface area contributed by atoms with Crippen LogP contribution in [0.4, 0.5) is 13.2 Å². The van der Waals surface area contributed by atoms with Crippen LogP contribution in [0.3, 0.4) is 0 Å². The standard InChI is InChI=1S/C17H16ClF3N2S.ClH/c18-14-4-3-11-5-8-22-9-6-12(11)16(14)24-10-15-13(17(19,20)21)2-1-7-23-15;/h1-4,7,22H,5-6,8-10H2;1H. The van der Waals surface area contributed by atoms with E-state index in [0.29, 0.717) is 5.02 Å². The summed E-state index contributed by atoms with van der Waals surface area (Å²) < 4.78 is 39.3. The molecule has 136 valence electrons. The molecule has 2 heterocycles. The first-order chi connectivity index (χ1) is 11.5. The first kappa shape index (κ1) is 20.4. The fourth-order valence-corrected chi connectivity index (χ4v) is 4.28. The first-order valence-electron chi connectivity index (χ1n) is 7.61. The zero-order chi connectivity index (χ0) is 17.2. The average Bonchev–Trinajstić information content (AvgIpc) is 2.79. The van der Waals surface area contributed by atoms with Crippen molar-refractivity contribution in [2.45, 2.75) is 29.7 Å². The summed E-state index contributed by atoms with van der Waals surface area (Å²) in [7, 11) is 0. The van der Waals surface area contributed by atoms with Crippen molar-refractivity contribution in [2.24, 2.45) is 0 Å². The number of hydrogen-bond donors (Lipinski definition) is 1. The fourth-order valence-electron chi connectivity index (χ4n) is 2.82. The van der Waals surface area contributed by atoms with Crippen LogP contribution >= 0.6 is 35.8 Å². The highest BCUT2D eigenvalue weighted by Crippen LogP contribution is 2.38. The van der Waals surface area contributed by atoms with Gasteiger partial charge >= 0.3 is 6.18 Å². The van der Waals surface area contributed by atoms with Gasteiger partial charge in [-0.15, -0.1) is 24.2 Å². The van der Waals surface area contributed by atoms with Crippen LogP contribution in [0.2, 0.25) is 5.02 Å². The SMILES string of the molecule is Cl.FC(F)(F)c1cccnc1CSc1c(Cl)ccc2c1CCNCC2. The van der Waals surface area contributed by atoms with E-state index in [1.54, 1.807) is 0 Å². The van der Waals surface area contributed by atoms with E-state index in [2.05, 4.69) is 10.3 Å². The lowest BCUT2D eigenvalue weighted by Crippen LogP contribution is -2.16. The highest BCUT2D eigenvalue weighted by Gasteiger charge is 2.33. The third-order valence-corrected chi connectivity index (χ3v) is 5.58. The predicted molar refractivity (Wildman–Crippen MR) is 97.8 cm³/mol. The second kappa shape index (κ2) is 8.62. The molecule has 25 heavy (non-hydrogen) atoms. The minimum absolute atomic E-state index is 0. The van der Waals surface area contributed by atoms with E-state index in [-0.39, 0.29) is 23.9 Å². The van der Waals surface area contributed by atoms with Gasteiger partial charge in [0, 0.05) is 16.8 Å². The maximum absolute atomic E-state index is 13.1. The highest BCUT2D eigenvalue weighted by molar-refractivity contribution is 7.98. The Kier molecular flexibility index (Phi) is 7.02. The van der Waals surface area contributed by atoms with Crippen molar-refractivity contribution in [1.82, 2.24) is 10.3 Å². The summed E-state index contributed by atoms with van der Waals surface area (Å²) in [6.45, 7) is 1.75. The Morgan fingerprint density at radius 1 is 1.16 bits per heavy atom. The Balaban J connectivity index is 0.00000225. The molecule has 0 atom stereocenters. The zero-order valence-corrected chi connectivity index (χ0v) is 15.6. The molecule has 1 aliphatic heterocycles. The molecule has 0 fully saturated rings. The van der Waals surface area contributed by atoms with Crippen LogP contribution in [-0.4, -0.2) is 18.1 Å². The minimum Gasteiger partial charge on any atom is -0.316 e. The summed E-state index contributed by atoms with van der Waals surface area (Å²) in [5.74, 6) is 0.138. The number of fused-ring (bicyclic) bond motifs is 1. The number of nitrogens with zero attached hydrogens (tertiary/aromatic N) is 1. The Morgan fingerprint density at radius 3 is 2.68 bits per heavy atom. The molecule has 0 saturated carbocycles. The molecule has 0 aliphatic carbocycles. The van der Waals surface area contributed by atoms with Crippen molar-refractivity contribution in [3.8, 4) is 0 Å². The molecule has 8 heteroatoms. The van der Waals surface area contributed by atoms with E-state index in [1.807, 2.05) is 12.1 Å². The molecular weight excluding hydrogens is 392 g/mol. The largest absolute Gasteiger partial charge is 0.418 e. The van der Waals surface area contributed by atoms with Gasteiger partial charge in [0.25, 0.3) is 0 Å². The molecule has 1 aromatic carbocycles. The fraction of sp³-hybridized carbons (Fsp3) is 0.353. The quantitative estimate of drug-likeness (QED) is 0.710. The Bertz CT molecular complexity index is 738. The highest BCUT2D eigenvalue weighted by atomic mass is 35.5. The summed E-state index contributed by atoms with van der Waals surface area (Å²) >= 11 is 7.66. The molecule has 0 amide bonds. The number of hydrogen-bond acceptors (Lipinski definition) is 3. The predicted octanol–water partition coefficient (Wildman–Crippen LogP) is 5.16. The topological polar surface area (TPSA) is 24.9 Å². The monoisotopic (exact) mass is 408 g/mol. The van der Waals surface area contributed by atoms with Crippen LogP contribution in [-0.2, 0) is 24.8 Å². The van der Waals surface area contributed by atoms with Gasteiger partial charge in [0.2, 0.25) is 0 Å². The molecule has 2 aromatic rings. The molecule has 3 rings (SSSR count). The van der Waals surface area contributed by atoms with Gasteiger partial charge in [0.05, 0.1) is 16.3 Å². The van der Waals surface area contributed by atoms with Crippen LogP contribution in [0.15, 0.2) is 35.4 Å². The lowest BCUT2D eigenvalue weighted by Gasteiger charge is -2.15. The van der Waals surface area contributed by atoms with E-state index in [1.165, 1.54) is 29.6 Å². The van der Waals surface area contributed by atoms with Gasteiger partial charge in [-0.05, 0) is 55.3 Å². The minimum atomic E-state index is -4.40. The number of halogens is 5. The van der Waals surface area contributed by atoms with Crippen LogP contribution in [0.5, 0.6) is 0 Å². The van der Waals surface area contributed by atoms with Crippen LogP contribution in [0, 0.1) is 0 Å². The van der Waals surface area contributed by atoms with E-state index >= 15 is 0 Å². The van der Waals surface area contributed by atoms with Gasteiger partial charge in [-0.1, -0.05) is 17.7 Å². The number of aromatic nitrogens is 1. The van der Waals surface area contributed by atoms with Gasteiger partial charge in [-0.25, -0.2) is 0 Å². The normalized spacial score (nSPS) is 14.4. The van der Waals surface area contributed by atoms with E-state index < -0.39 is 11.7 Å². The molecule has 0 radical (unpaired) electrons. The Labute approximate surface area is 160 Å². The second-order valence-electron chi connectivity index (χ2n) is 5.55. The summed E-state index contributed by atoms with van der Waals surface area (Å²) in [4.78, 5) is 4.80. The zero-order valence-electron chi connectivity index (χ0n) is 13.2. The van der Waals surface area contributed by atoms with E-state index in [0.717, 1.165) is 42.5 Å². The summed E-state index contributed by atoms with van der Waals surface area (Å²) in [6, 6.07) is 6.22. The van der Waals surface area contributed by atoms with Crippen molar-refractivity contribution in [3.05, 3.63) is 57.9 Å². The molecule has 0 unspecified atom stereocenters.